The number of imide groups is 1. The van der Waals surface area contributed by atoms with Gasteiger partial charge in [0.1, 0.15) is 11.9 Å². The normalized spacial score (nSPS) is 16.4. The van der Waals surface area contributed by atoms with E-state index in [2.05, 4.69) is 36.2 Å². The molecule has 21 nitrogen and oxygen atoms in total. The molecule has 3 aliphatic heterocycles. The van der Waals surface area contributed by atoms with Gasteiger partial charge in [0.25, 0.3) is 11.8 Å². The van der Waals surface area contributed by atoms with Gasteiger partial charge in [-0.25, -0.2) is 4.68 Å². The number of pyridine rings is 1. The van der Waals surface area contributed by atoms with Crippen LogP contribution in [0.4, 0.5) is 17.2 Å². The number of nitrogens with one attached hydrogen (secondary N) is 4. The zero-order valence-electron chi connectivity index (χ0n) is 43.1. The summed E-state index contributed by atoms with van der Waals surface area (Å²) in [5.74, 6) is -1.53. The fourth-order valence-corrected chi connectivity index (χ4v) is 9.63. The van der Waals surface area contributed by atoms with Crippen molar-refractivity contribution >= 4 is 75.8 Å². The Bertz CT molecular complexity index is 2850. The predicted molar refractivity (Wildman–Crippen MR) is 292 cm³/mol. The number of para-hydroxylation sites is 1. The van der Waals surface area contributed by atoms with E-state index in [0.717, 1.165) is 11.4 Å². The van der Waals surface area contributed by atoms with Crippen molar-refractivity contribution in [2.24, 2.45) is 0 Å². The van der Waals surface area contributed by atoms with E-state index in [9.17, 15) is 33.9 Å². The Morgan fingerprint density at radius 1 is 0.692 bits per heavy atom. The Morgan fingerprint density at radius 3 is 1.92 bits per heavy atom. The van der Waals surface area contributed by atoms with E-state index >= 15 is 0 Å². The summed E-state index contributed by atoms with van der Waals surface area (Å²) in [5, 5.41) is 27.5. The molecule has 3 aliphatic rings. The van der Waals surface area contributed by atoms with Crippen molar-refractivity contribution in [1.29, 1.82) is 0 Å². The highest BCUT2D eigenvalue weighted by molar-refractivity contribution is 6.38. The molecule has 414 valence electrons. The molecule has 5 N–H and O–H groups in total. The molecule has 78 heavy (non-hydrogen) atoms. The summed E-state index contributed by atoms with van der Waals surface area (Å²) in [7, 11) is 0. The number of carbonyl (C=O) groups excluding carboxylic acids is 6. The summed E-state index contributed by atoms with van der Waals surface area (Å²) >= 11 is 13.0. The van der Waals surface area contributed by atoms with Crippen molar-refractivity contribution in [3.8, 4) is 16.9 Å². The molecule has 0 spiro atoms. The molecule has 3 fully saturated rings. The lowest BCUT2D eigenvalue weighted by Gasteiger charge is -2.38. The summed E-state index contributed by atoms with van der Waals surface area (Å²) in [5.41, 5.74) is 2.37. The quantitative estimate of drug-likeness (QED) is 0.0382. The van der Waals surface area contributed by atoms with Gasteiger partial charge in [0.15, 0.2) is 5.69 Å². The molecule has 1 unspecified atom stereocenters. The maximum Gasteiger partial charge on any atom is 0.271 e. The third kappa shape index (κ3) is 16.1. The molecule has 3 saturated heterocycles. The molecular formula is C55H64Cl2N10O11. The van der Waals surface area contributed by atoms with Crippen LogP contribution in [0.2, 0.25) is 10.0 Å². The van der Waals surface area contributed by atoms with E-state index in [1.807, 2.05) is 35.2 Å². The van der Waals surface area contributed by atoms with Crippen molar-refractivity contribution in [2.75, 3.05) is 114 Å². The van der Waals surface area contributed by atoms with Crippen LogP contribution >= 0.6 is 23.2 Å². The zero-order valence-corrected chi connectivity index (χ0v) is 44.6. The lowest BCUT2D eigenvalue weighted by Crippen LogP contribution is -2.52. The standard InChI is InChI=1S/C55H64Cl2N10O11/c56-43-35-44(57)42(34-41(43)45-8-4-5-19-58-45)52(71)61-48-36-47(63-67(48)40-6-2-1-3-7-40)53(72)59-37-55(74)17-20-65(21-18-55)50(69)15-26-75-28-30-77-32-33-78-31-29-76-27-16-51(70)66-24-22-64(23-25-66)39-11-9-38(10-12-39)60-46-13-14-49(68)62-54(46)73/h1-12,19,34-36,46,60,74H,13-18,20-33,37H2,(H,59,72)(H,61,71)(H,62,68,73). The fraction of sp³-hybridized carbons (Fsp3) is 0.418. The summed E-state index contributed by atoms with van der Waals surface area (Å²) in [6.45, 7) is 5.76. The van der Waals surface area contributed by atoms with Crippen LogP contribution in [0.1, 0.15) is 59.4 Å². The molecule has 0 saturated carbocycles. The number of aromatic nitrogens is 3. The van der Waals surface area contributed by atoms with E-state index in [-0.39, 0.29) is 84.6 Å². The number of rotatable bonds is 25. The molecule has 5 aromatic rings. The van der Waals surface area contributed by atoms with Crippen molar-refractivity contribution < 1.29 is 52.8 Å². The van der Waals surface area contributed by atoms with Gasteiger partial charge < -0.3 is 54.7 Å². The molecule has 0 aliphatic carbocycles. The number of amides is 6. The number of halogens is 2. The van der Waals surface area contributed by atoms with E-state index in [4.69, 9.17) is 42.1 Å². The number of benzene rings is 3. The highest BCUT2D eigenvalue weighted by Crippen LogP contribution is 2.33. The SMILES string of the molecule is O=C1CCC(Nc2ccc(N3CCN(C(=O)CCOCCOCCOCCOCCC(=O)N4CCC(O)(CNC(=O)c5cc(NC(=O)c6cc(-c7ccccn7)c(Cl)cc6Cl)n(-c6ccccc6)n5)CC4)CC3)cc2)C(=O)N1. The molecule has 8 rings (SSSR count). The van der Waals surface area contributed by atoms with Crippen LogP contribution in [0.25, 0.3) is 16.9 Å². The van der Waals surface area contributed by atoms with Gasteiger partial charge in [0.2, 0.25) is 23.6 Å². The summed E-state index contributed by atoms with van der Waals surface area (Å²) in [6.07, 6.45) is 3.35. The number of aliphatic hydroxyl groups is 1. The number of hydrogen-bond acceptors (Lipinski definition) is 15. The number of likely N-dealkylation sites (tertiary alicyclic amines) is 1. The maximum absolute atomic E-state index is 13.7. The smallest absolute Gasteiger partial charge is 0.271 e. The molecular weight excluding hydrogens is 1050 g/mol. The minimum Gasteiger partial charge on any atom is -0.388 e. The van der Waals surface area contributed by atoms with Gasteiger partial charge in [-0.2, -0.15) is 5.10 Å². The first kappa shape index (κ1) is 57.2. The van der Waals surface area contributed by atoms with E-state index in [1.54, 1.807) is 59.6 Å². The first-order valence-electron chi connectivity index (χ1n) is 26.0. The number of piperazine rings is 1. The topological polar surface area (TPSA) is 248 Å². The molecule has 6 amide bonds. The Hall–Kier alpha value is -6.98. The third-order valence-electron chi connectivity index (χ3n) is 13.5. The first-order chi connectivity index (χ1) is 37.8. The Balaban J connectivity index is 0.643. The van der Waals surface area contributed by atoms with E-state index < -0.39 is 23.5 Å². The molecule has 0 bridgehead atoms. The molecule has 2 aromatic heterocycles. The Labute approximate surface area is 461 Å². The van der Waals surface area contributed by atoms with Crippen LogP contribution in [0.5, 0.6) is 0 Å². The minimum atomic E-state index is -1.26. The highest BCUT2D eigenvalue weighted by atomic mass is 35.5. The second-order valence-electron chi connectivity index (χ2n) is 18.9. The second kappa shape index (κ2) is 28.1. The van der Waals surface area contributed by atoms with Crippen LogP contribution in [0.15, 0.2) is 97.2 Å². The number of piperidine rings is 2. The predicted octanol–water partition coefficient (Wildman–Crippen LogP) is 4.99. The minimum absolute atomic E-state index is 0.00104. The molecule has 5 heterocycles. The van der Waals surface area contributed by atoms with Crippen molar-refractivity contribution in [3.63, 3.8) is 0 Å². The largest absolute Gasteiger partial charge is 0.388 e. The third-order valence-corrected chi connectivity index (χ3v) is 14.2. The summed E-state index contributed by atoms with van der Waals surface area (Å²) in [4.78, 5) is 86.6. The number of ether oxygens (including phenoxy) is 4. The fourth-order valence-electron chi connectivity index (χ4n) is 9.07. The Kier molecular flexibility index (Phi) is 20.6. The zero-order chi connectivity index (χ0) is 54.9. The average Bonchev–Trinajstić information content (AvgIpc) is 3.90. The van der Waals surface area contributed by atoms with Crippen LogP contribution in [0.3, 0.4) is 0 Å². The lowest BCUT2D eigenvalue weighted by atomic mass is 9.91. The van der Waals surface area contributed by atoms with Crippen molar-refractivity contribution in [1.82, 2.24) is 35.2 Å². The highest BCUT2D eigenvalue weighted by Gasteiger charge is 2.35. The maximum atomic E-state index is 13.7. The molecule has 3 aromatic carbocycles. The summed E-state index contributed by atoms with van der Waals surface area (Å²) < 4.78 is 23.8. The first-order valence-corrected chi connectivity index (χ1v) is 26.8. The van der Waals surface area contributed by atoms with Gasteiger partial charge >= 0.3 is 0 Å². The number of anilines is 3. The van der Waals surface area contributed by atoms with Gasteiger partial charge in [0, 0.05) is 81.4 Å². The Morgan fingerprint density at radius 2 is 1.31 bits per heavy atom. The van der Waals surface area contributed by atoms with Gasteiger partial charge in [-0.3, -0.25) is 39.1 Å². The monoisotopic (exact) mass is 1110 g/mol. The van der Waals surface area contributed by atoms with Crippen LogP contribution in [-0.4, -0.2) is 175 Å². The second-order valence-corrected chi connectivity index (χ2v) is 19.8. The van der Waals surface area contributed by atoms with E-state index in [0.29, 0.717) is 120 Å². The molecule has 0 radical (unpaired) electrons. The van der Waals surface area contributed by atoms with Gasteiger partial charge in [0.05, 0.1) is 98.3 Å². The van der Waals surface area contributed by atoms with Crippen LogP contribution in [-0.2, 0) is 38.1 Å². The molecule has 23 heteroatoms. The average molecular weight is 1110 g/mol. The van der Waals surface area contributed by atoms with Gasteiger partial charge in [-0.15, -0.1) is 0 Å². The number of hydrogen-bond donors (Lipinski definition) is 5. The number of carbonyl (C=O) groups is 6. The number of nitrogens with zero attached hydrogens (tertiary/aromatic N) is 6. The lowest BCUT2D eigenvalue weighted by molar-refractivity contribution is -0.137. The molecule has 1 atom stereocenters. The van der Waals surface area contributed by atoms with Crippen LogP contribution in [0, 0.1) is 0 Å². The van der Waals surface area contributed by atoms with Gasteiger partial charge in [-0.05, 0) is 79.9 Å². The summed E-state index contributed by atoms with van der Waals surface area (Å²) in [6, 6.07) is 26.2. The van der Waals surface area contributed by atoms with Crippen LogP contribution < -0.4 is 26.2 Å². The van der Waals surface area contributed by atoms with Crippen molar-refractivity contribution in [3.05, 3.63) is 118 Å². The van der Waals surface area contributed by atoms with Gasteiger partial charge in [-0.1, -0.05) is 47.5 Å². The van der Waals surface area contributed by atoms with E-state index in [1.165, 1.54) is 16.8 Å². The van der Waals surface area contributed by atoms with Crippen molar-refractivity contribution in [2.45, 2.75) is 50.2 Å².